The van der Waals surface area contributed by atoms with Crippen LogP contribution in [0.15, 0.2) is 24.3 Å². The molecule has 0 amide bonds. The molecule has 0 radical (unpaired) electrons. The maximum atomic E-state index is 11.9. The summed E-state index contributed by atoms with van der Waals surface area (Å²) in [4.78, 5) is 0. The maximum Gasteiger partial charge on any atom is 0.387 e. The lowest BCUT2D eigenvalue weighted by Crippen LogP contribution is -2.19. The summed E-state index contributed by atoms with van der Waals surface area (Å²) < 4.78 is 32.9. The van der Waals surface area contributed by atoms with Gasteiger partial charge in [-0.25, -0.2) is 0 Å². The molecular weight excluding hydrogens is 270 g/mol. The van der Waals surface area contributed by atoms with Crippen molar-refractivity contribution in [3.05, 3.63) is 29.8 Å². The minimum atomic E-state index is -2.82. The van der Waals surface area contributed by atoms with E-state index in [2.05, 4.69) is 4.74 Å². The van der Waals surface area contributed by atoms with Crippen LogP contribution in [0, 0.1) is 0 Å². The predicted molar refractivity (Wildman–Crippen MR) is 69.9 cm³/mol. The quantitative estimate of drug-likeness (QED) is 0.890. The molecule has 0 spiro atoms. The molecule has 0 unspecified atom stereocenters. The summed E-state index contributed by atoms with van der Waals surface area (Å²) in [7, 11) is 0. The van der Waals surface area contributed by atoms with Gasteiger partial charge in [0.25, 0.3) is 0 Å². The first-order valence-electron chi connectivity index (χ1n) is 6.53. The lowest BCUT2D eigenvalue weighted by Gasteiger charge is -2.15. The number of rotatable bonds is 4. The van der Waals surface area contributed by atoms with Gasteiger partial charge in [-0.3, -0.25) is 0 Å². The molecule has 1 fully saturated rings. The minimum absolute atomic E-state index is 0.0798. The summed E-state index contributed by atoms with van der Waals surface area (Å²) in [6, 6.07) is 6.42. The number of alkyl halides is 2. The van der Waals surface area contributed by atoms with Crippen molar-refractivity contribution >= 4 is 0 Å². The molecule has 114 valence electrons. The number of benzene rings is 1. The van der Waals surface area contributed by atoms with E-state index in [9.17, 15) is 8.78 Å². The molecule has 1 saturated heterocycles. The van der Waals surface area contributed by atoms with Crippen LogP contribution in [0.25, 0.3) is 0 Å². The summed E-state index contributed by atoms with van der Waals surface area (Å²) >= 11 is 0. The molecule has 20 heavy (non-hydrogen) atoms. The molecule has 0 saturated carbocycles. The summed E-state index contributed by atoms with van der Waals surface area (Å²) in [6.45, 7) is -1.42. The van der Waals surface area contributed by atoms with Crippen molar-refractivity contribution in [1.29, 1.82) is 0 Å². The van der Waals surface area contributed by atoms with E-state index in [0.29, 0.717) is 12.0 Å². The van der Waals surface area contributed by atoms with Crippen LogP contribution in [0.5, 0.6) is 5.75 Å². The fraction of sp³-hybridized carbons (Fsp3) is 0.571. The first kappa shape index (κ1) is 16.8. The number of para-hydroxylation sites is 1. The number of halogens is 2. The smallest absolute Gasteiger partial charge is 0.387 e. The third-order valence-electron chi connectivity index (χ3n) is 2.76. The zero-order valence-electron chi connectivity index (χ0n) is 11.2. The van der Waals surface area contributed by atoms with Crippen LogP contribution in [-0.2, 0) is 11.2 Å². The zero-order chi connectivity index (χ0) is 14.8. The van der Waals surface area contributed by atoms with Gasteiger partial charge in [-0.2, -0.15) is 8.78 Å². The van der Waals surface area contributed by atoms with E-state index in [1.165, 1.54) is 6.07 Å². The average Bonchev–Trinajstić information content (AvgIpc) is 2.42. The molecule has 0 aromatic heterocycles. The predicted octanol–water partition coefficient (Wildman–Crippen LogP) is 1.98. The Morgan fingerprint density at radius 2 is 1.90 bits per heavy atom. The van der Waals surface area contributed by atoms with E-state index < -0.39 is 6.61 Å². The molecule has 1 heterocycles. The largest absolute Gasteiger partial charge is 0.435 e. The molecule has 0 bridgehead atoms. The topological polar surface area (TPSA) is 58.9 Å². The Kier molecular flexibility index (Phi) is 8.10. The monoisotopic (exact) mass is 290 g/mol. The van der Waals surface area contributed by atoms with Gasteiger partial charge in [0.2, 0.25) is 0 Å². The molecule has 2 N–H and O–H groups in total. The van der Waals surface area contributed by atoms with Crippen molar-refractivity contribution in [2.75, 3.05) is 19.8 Å². The molecule has 0 aliphatic carbocycles. The van der Waals surface area contributed by atoms with Crippen molar-refractivity contribution in [2.45, 2.75) is 32.0 Å². The standard InChI is InChI=1S/C9H10F2O2.C5H10O2/c10-9(11)13-8-4-2-1-3-7(8)5-6-12;6-5-1-3-7-4-2-5/h1-4,9,12H,5-6H2;5-6H,1-4H2. The number of ether oxygens (including phenoxy) is 2. The van der Waals surface area contributed by atoms with Gasteiger partial charge in [0.1, 0.15) is 5.75 Å². The van der Waals surface area contributed by atoms with Gasteiger partial charge in [-0.05, 0) is 30.9 Å². The van der Waals surface area contributed by atoms with Crippen LogP contribution in [0.4, 0.5) is 8.78 Å². The second-order valence-corrected chi connectivity index (χ2v) is 4.30. The van der Waals surface area contributed by atoms with Crippen molar-refractivity contribution in [3.63, 3.8) is 0 Å². The molecule has 6 heteroatoms. The molecular formula is C14H20F2O4. The van der Waals surface area contributed by atoms with E-state index >= 15 is 0 Å². The van der Waals surface area contributed by atoms with E-state index in [1.807, 2.05) is 0 Å². The Hall–Kier alpha value is -1.24. The molecule has 0 atom stereocenters. The zero-order valence-corrected chi connectivity index (χ0v) is 11.2. The molecule has 1 aromatic rings. The molecule has 1 aromatic carbocycles. The van der Waals surface area contributed by atoms with Gasteiger partial charge in [0.15, 0.2) is 0 Å². The van der Waals surface area contributed by atoms with Gasteiger partial charge in [0, 0.05) is 19.8 Å². The highest BCUT2D eigenvalue weighted by molar-refractivity contribution is 5.33. The highest BCUT2D eigenvalue weighted by atomic mass is 19.3. The normalized spacial score (nSPS) is 15.7. The molecule has 4 nitrogen and oxygen atoms in total. The summed E-state index contributed by atoms with van der Waals surface area (Å²) in [5.74, 6) is 0.131. The van der Waals surface area contributed by atoms with Crippen molar-refractivity contribution < 1.29 is 28.5 Å². The van der Waals surface area contributed by atoms with Crippen LogP contribution in [0.1, 0.15) is 18.4 Å². The first-order chi connectivity index (χ1) is 9.63. The van der Waals surface area contributed by atoms with Gasteiger partial charge in [0.05, 0.1) is 6.10 Å². The van der Waals surface area contributed by atoms with Crippen LogP contribution >= 0.6 is 0 Å². The van der Waals surface area contributed by atoms with Crippen LogP contribution < -0.4 is 4.74 Å². The van der Waals surface area contributed by atoms with E-state index in [1.54, 1.807) is 18.2 Å². The lowest BCUT2D eigenvalue weighted by molar-refractivity contribution is -0.0505. The number of hydrogen-bond donors (Lipinski definition) is 2. The third kappa shape index (κ3) is 6.79. The summed E-state index contributed by atoms with van der Waals surface area (Å²) in [6.07, 6.45) is 1.87. The maximum absolute atomic E-state index is 11.9. The Bertz CT molecular complexity index is 368. The highest BCUT2D eigenvalue weighted by Crippen LogP contribution is 2.20. The van der Waals surface area contributed by atoms with Gasteiger partial charge in [-0.15, -0.1) is 0 Å². The number of aliphatic hydroxyl groups excluding tert-OH is 2. The second-order valence-electron chi connectivity index (χ2n) is 4.30. The van der Waals surface area contributed by atoms with Crippen LogP contribution in [-0.4, -0.2) is 42.7 Å². The number of hydrogen-bond acceptors (Lipinski definition) is 4. The summed E-state index contributed by atoms with van der Waals surface area (Å²) in [5, 5.41) is 17.5. The van der Waals surface area contributed by atoms with E-state index in [4.69, 9.17) is 14.9 Å². The Morgan fingerprint density at radius 3 is 2.40 bits per heavy atom. The second kappa shape index (κ2) is 9.63. The minimum Gasteiger partial charge on any atom is -0.435 e. The van der Waals surface area contributed by atoms with Crippen LogP contribution in [0.3, 0.4) is 0 Å². The SMILES string of the molecule is OC1CCOCC1.OCCc1ccccc1OC(F)F. The molecule has 2 rings (SSSR count). The fourth-order valence-electron chi connectivity index (χ4n) is 1.73. The molecule has 1 aliphatic rings. The van der Waals surface area contributed by atoms with Crippen molar-refractivity contribution in [1.82, 2.24) is 0 Å². The van der Waals surface area contributed by atoms with Gasteiger partial charge in [-0.1, -0.05) is 18.2 Å². The van der Waals surface area contributed by atoms with E-state index in [-0.39, 0.29) is 18.5 Å². The fourth-order valence-corrected chi connectivity index (χ4v) is 1.73. The van der Waals surface area contributed by atoms with Gasteiger partial charge >= 0.3 is 6.61 Å². The third-order valence-corrected chi connectivity index (χ3v) is 2.76. The van der Waals surface area contributed by atoms with Crippen LogP contribution in [0.2, 0.25) is 0 Å². The highest BCUT2D eigenvalue weighted by Gasteiger charge is 2.08. The van der Waals surface area contributed by atoms with Crippen molar-refractivity contribution in [2.24, 2.45) is 0 Å². The van der Waals surface area contributed by atoms with Gasteiger partial charge < -0.3 is 19.7 Å². The molecule has 1 aliphatic heterocycles. The van der Waals surface area contributed by atoms with Crippen molar-refractivity contribution in [3.8, 4) is 5.75 Å². The first-order valence-corrected chi connectivity index (χ1v) is 6.53. The lowest BCUT2D eigenvalue weighted by atomic mass is 10.1. The summed E-state index contributed by atoms with van der Waals surface area (Å²) in [5.41, 5.74) is 0.588. The number of aliphatic hydroxyl groups is 2. The average molecular weight is 290 g/mol. The Balaban J connectivity index is 0.000000240. The van der Waals surface area contributed by atoms with E-state index in [0.717, 1.165) is 26.1 Å². The Labute approximate surface area is 116 Å². The Morgan fingerprint density at radius 1 is 1.25 bits per heavy atom.